The minimum atomic E-state index is -0.434. The molecule has 66 heavy (non-hydrogen) atoms. The molecule has 2 heterocycles. The molecule has 0 aliphatic rings. The molecule has 0 atom stereocenters. The average Bonchev–Trinajstić information content (AvgIpc) is 3.93. The molecule has 2 aromatic heterocycles. The van der Waals surface area contributed by atoms with Gasteiger partial charge in [0, 0.05) is 45.6 Å². The number of halogens is 1. The fourth-order valence-electron chi connectivity index (χ4n) is 6.07. The summed E-state index contributed by atoms with van der Waals surface area (Å²) in [6.07, 6.45) is 0. The number of nitrogens with two attached hydrogens (primary N) is 2. The molecule has 0 fully saturated rings. The van der Waals surface area contributed by atoms with Crippen molar-refractivity contribution >= 4 is 64.4 Å². The first kappa shape index (κ1) is 52.5. The van der Waals surface area contributed by atoms with E-state index in [1.807, 2.05) is 126 Å². The molecule has 0 unspecified atom stereocenters. The average molecular weight is 1000 g/mol. The lowest BCUT2D eigenvalue weighted by Gasteiger charge is -2.11. The summed E-state index contributed by atoms with van der Waals surface area (Å²) in [5.74, 6) is 2.49. The number of thioether (sulfide) groups is 1. The minimum Gasteiger partial charge on any atom is -0.366 e. The second-order valence-electron chi connectivity index (χ2n) is 14.2. The SMILES string of the molecule is BrCc1ccccc1.C.CCNCCS.NC(=O)c1ccc(Cn2c(-c3ccccc3)n[nH]c2=S)cc1.NC(=O)c1ccc(Cn2c(SCc3ccccc3)nnc2-c2ccccc2)cc1. The predicted octanol–water partition coefficient (Wildman–Crippen LogP) is 10.9. The van der Waals surface area contributed by atoms with E-state index in [0.29, 0.717) is 29.0 Å². The first-order valence-electron chi connectivity index (χ1n) is 20.8. The molecule has 15 heteroatoms. The van der Waals surface area contributed by atoms with E-state index in [-0.39, 0.29) is 7.43 Å². The highest BCUT2D eigenvalue weighted by atomic mass is 79.9. The van der Waals surface area contributed by atoms with Crippen molar-refractivity contribution in [1.82, 2.24) is 34.8 Å². The van der Waals surface area contributed by atoms with Crippen LogP contribution in [0.2, 0.25) is 0 Å². The Kier molecular flexibility index (Phi) is 22.9. The van der Waals surface area contributed by atoms with Crippen LogP contribution < -0.4 is 16.8 Å². The number of H-pyrrole nitrogens is 1. The minimum absolute atomic E-state index is 0. The van der Waals surface area contributed by atoms with Crippen LogP contribution in [0.25, 0.3) is 22.8 Å². The van der Waals surface area contributed by atoms with Crippen molar-refractivity contribution in [3.8, 4) is 22.8 Å². The molecule has 0 saturated heterocycles. The van der Waals surface area contributed by atoms with Gasteiger partial charge >= 0.3 is 0 Å². The summed E-state index contributed by atoms with van der Waals surface area (Å²) in [7, 11) is 0. The Balaban J connectivity index is 0.000000225. The number of benzene rings is 6. The standard InChI is InChI=1S/C23H20N4OS.C16H14N4OS.C7H7Br.C4H11NS.CH4/c24-21(28)19-13-11-17(12-14-19)15-27-22(20-9-5-2-6-10-20)25-26-23(27)29-16-18-7-3-1-4-8-18;17-14(21)12-8-6-11(7-9-12)10-20-15(18-19-16(20)22)13-4-2-1-3-5-13;8-6-7-4-2-1-3-5-7;1-2-5-3-4-6;/h1-14H,15-16H2,(H2,24,28);1-9H,10H2,(H2,17,21)(H,19,22);1-5H,6H2;5-6H,2-4H2,1H3;1H4. The zero-order chi connectivity index (χ0) is 46.2. The largest absolute Gasteiger partial charge is 0.366 e. The highest BCUT2D eigenvalue weighted by Gasteiger charge is 2.15. The van der Waals surface area contributed by atoms with E-state index < -0.39 is 11.8 Å². The van der Waals surface area contributed by atoms with Crippen LogP contribution in [-0.2, 0) is 24.2 Å². The molecule has 0 aliphatic heterocycles. The molecule has 342 valence electrons. The highest BCUT2D eigenvalue weighted by molar-refractivity contribution is 9.08. The van der Waals surface area contributed by atoms with Crippen LogP contribution in [0, 0.1) is 4.77 Å². The van der Waals surface area contributed by atoms with Gasteiger partial charge in [-0.25, -0.2) is 0 Å². The van der Waals surface area contributed by atoms with Gasteiger partial charge in [-0.05, 0) is 65.3 Å². The van der Waals surface area contributed by atoms with Crippen LogP contribution in [0.5, 0.6) is 0 Å². The quantitative estimate of drug-likeness (QED) is 0.0223. The Morgan fingerprint density at radius 3 is 1.53 bits per heavy atom. The van der Waals surface area contributed by atoms with Crippen molar-refractivity contribution in [1.29, 1.82) is 0 Å². The third kappa shape index (κ3) is 16.7. The number of hydrogen-bond donors (Lipinski definition) is 5. The van der Waals surface area contributed by atoms with Gasteiger partial charge in [-0.2, -0.15) is 17.7 Å². The number of nitrogens with zero attached hydrogens (tertiary/aromatic N) is 5. The zero-order valence-corrected chi connectivity index (χ0v) is 40.1. The number of amides is 2. The Hall–Kier alpha value is -6.10. The normalized spacial score (nSPS) is 10.2. The van der Waals surface area contributed by atoms with Gasteiger partial charge in [0.2, 0.25) is 11.8 Å². The van der Waals surface area contributed by atoms with Crippen LogP contribution in [0.15, 0.2) is 175 Å². The monoisotopic (exact) mass is 1000 g/mol. The van der Waals surface area contributed by atoms with E-state index in [4.69, 9.17) is 23.7 Å². The van der Waals surface area contributed by atoms with Crippen LogP contribution >= 0.6 is 52.5 Å². The first-order valence-corrected chi connectivity index (χ1v) is 23.9. The molecule has 8 rings (SSSR count). The number of carbonyl (C=O) groups excluding carboxylic acids is 2. The second-order valence-corrected chi connectivity index (χ2v) is 16.5. The topological polar surface area (TPSA) is 163 Å². The van der Waals surface area contributed by atoms with Crippen LogP contribution in [0.4, 0.5) is 0 Å². The Bertz CT molecular complexity index is 2680. The van der Waals surface area contributed by atoms with Crippen molar-refractivity contribution in [2.75, 3.05) is 18.8 Å². The molecule has 0 bridgehead atoms. The summed E-state index contributed by atoms with van der Waals surface area (Å²) < 4.78 is 4.59. The predicted molar refractivity (Wildman–Crippen MR) is 281 cm³/mol. The van der Waals surface area contributed by atoms with Gasteiger partial charge in [0.05, 0.1) is 13.1 Å². The summed E-state index contributed by atoms with van der Waals surface area (Å²) >= 11 is 14.3. The second kappa shape index (κ2) is 28.7. The molecule has 0 spiro atoms. The van der Waals surface area contributed by atoms with Crippen molar-refractivity contribution in [3.63, 3.8) is 0 Å². The molecule has 6 aromatic carbocycles. The third-order valence-electron chi connectivity index (χ3n) is 9.44. The molecule has 8 aromatic rings. The number of alkyl halides is 1. The van der Waals surface area contributed by atoms with E-state index in [0.717, 1.165) is 69.0 Å². The van der Waals surface area contributed by atoms with Crippen LogP contribution in [-0.4, -0.2) is 60.2 Å². The van der Waals surface area contributed by atoms with Gasteiger partial charge in [-0.15, -0.1) is 10.2 Å². The lowest BCUT2D eigenvalue weighted by atomic mass is 10.1. The zero-order valence-electron chi connectivity index (χ0n) is 36.0. The summed E-state index contributed by atoms with van der Waals surface area (Å²) in [5, 5.41) is 21.0. The highest BCUT2D eigenvalue weighted by Crippen LogP contribution is 2.27. The van der Waals surface area contributed by atoms with E-state index in [1.165, 1.54) is 11.1 Å². The molecule has 11 nitrogen and oxygen atoms in total. The Morgan fingerprint density at radius 2 is 1.11 bits per heavy atom. The lowest BCUT2D eigenvalue weighted by Crippen LogP contribution is -2.14. The maximum absolute atomic E-state index is 11.3. The molecule has 6 N–H and O–H groups in total. The van der Waals surface area contributed by atoms with Gasteiger partial charge < -0.3 is 16.8 Å². The van der Waals surface area contributed by atoms with E-state index in [9.17, 15) is 9.59 Å². The van der Waals surface area contributed by atoms with Crippen molar-refractivity contribution in [3.05, 3.63) is 208 Å². The lowest BCUT2D eigenvalue weighted by molar-refractivity contribution is 0.0992. The molecular weight excluding hydrogens is 947 g/mol. The first-order chi connectivity index (χ1) is 31.7. The Labute approximate surface area is 411 Å². The number of rotatable bonds is 15. The molecule has 2 amide bonds. The van der Waals surface area contributed by atoms with Crippen molar-refractivity contribution in [2.45, 2.75) is 43.7 Å². The Morgan fingerprint density at radius 1 is 0.652 bits per heavy atom. The van der Waals surface area contributed by atoms with E-state index in [2.05, 4.69) is 90.0 Å². The molecular formula is C51H56BrN9O2S3. The van der Waals surface area contributed by atoms with Gasteiger partial charge in [0.1, 0.15) is 0 Å². The van der Waals surface area contributed by atoms with E-state index in [1.54, 1.807) is 36.0 Å². The number of aromatic nitrogens is 6. The van der Waals surface area contributed by atoms with Crippen molar-refractivity contribution < 1.29 is 9.59 Å². The van der Waals surface area contributed by atoms with Crippen molar-refractivity contribution in [2.24, 2.45) is 11.5 Å². The molecule has 0 saturated carbocycles. The van der Waals surface area contributed by atoms with Gasteiger partial charge in [-0.1, -0.05) is 188 Å². The molecule has 0 radical (unpaired) electrons. The van der Waals surface area contributed by atoms with Gasteiger partial charge in [-0.3, -0.25) is 23.8 Å². The van der Waals surface area contributed by atoms with Gasteiger partial charge in [0.15, 0.2) is 21.6 Å². The smallest absolute Gasteiger partial charge is 0.248 e. The number of thiol groups is 1. The number of carbonyl (C=O) groups is 2. The summed E-state index contributed by atoms with van der Waals surface area (Å²) in [5.41, 5.74) is 18.2. The number of aromatic amines is 1. The number of nitrogens with one attached hydrogen (secondary N) is 2. The maximum atomic E-state index is 11.3. The van der Waals surface area contributed by atoms with Crippen LogP contribution in [0.1, 0.15) is 57.3 Å². The molecule has 0 aliphatic carbocycles. The summed E-state index contributed by atoms with van der Waals surface area (Å²) in [6, 6.07) is 54.9. The summed E-state index contributed by atoms with van der Waals surface area (Å²) in [4.78, 5) is 22.4. The number of primary amides is 2. The fraction of sp³-hybridized carbons (Fsp3) is 0.176. The number of hydrogen-bond acceptors (Lipinski definition) is 9. The van der Waals surface area contributed by atoms with Gasteiger partial charge in [0.25, 0.3) is 0 Å². The fourth-order valence-corrected chi connectivity index (χ4v) is 7.69. The van der Waals surface area contributed by atoms with Crippen LogP contribution in [0.3, 0.4) is 0 Å². The maximum Gasteiger partial charge on any atom is 0.248 e. The third-order valence-corrected chi connectivity index (χ3v) is 11.7. The van der Waals surface area contributed by atoms with E-state index >= 15 is 0 Å². The summed E-state index contributed by atoms with van der Waals surface area (Å²) in [6.45, 7) is 5.34.